The standard InChI is InChI=1S/C10H13BrN2O3S/c11-8-3-5-9(6-4-8)17(15,16)13-7-1-2-10(12)14/h3-6,13H,1-2,7H2,(H2,12,14). The number of sulfonamides is 1. The minimum Gasteiger partial charge on any atom is -0.370 e. The highest BCUT2D eigenvalue weighted by Gasteiger charge is 2.12. The fourth-order valence-electron chi connectivity index (χ4n) is 1.17. The van der Waals surface area contributed by atoms with Crippen LogP contribution in [0.4, 0.5) is 0 Å². The molecule has 0 unspecified atom stereocenters. The maximum atomic E-state index is 11.7. The Morgan fingerprint density at radius 2 is 1.88 bits per heavy atom. The third kappa shape index (κ3) is 4.84. The van der Waals surface area contributed by atoms with E-state index in [0.29, 0.717) is 6.42 Å². The van der Waals surface area contributed by atoms with Crippen molar-refractivity contribution in [3.63, 3.8) is 0 Å². The highest BCUT2D eigenvalue weighted by molar-refractivity contribution is 9.10. The van der Waals surface area contributed by atoms with Gasteiger partial charge in [0.1, 0.15) is 0 Å². The molecule has 0 fully saturated rings. The Hall–Kier alpha value is -0.920. The van der Waals surface area contributed by atoms with Crippen molar-refractivity contribution in [1.82, 2.24) is 4.72 Å². The quantitative estimate of drug-likeness (QED) is 0.766. The molecule has 3 N–H and O–H groups in total. The van der Waals surface area contributed by atoms with E-state index in [-0.39, 0.29) is 17.9 Å². The number of primary amides is 1. The topological polar surface area (TPSA) is 89.3 Å². The SMILES string of the molecule is NC(=O)CCCNS(=O)(=O)c1ccc(Br)cc1. The van der Waals surface area contributed by atoms with Gasteiger partial charge in [-0.15, -0.1) is 0 Å². The van der Waals surface area contributed by atoms with Gasteiger partial charge in [0.2, 0.25) is 15.9 Å². The molecule has 0 aromatic heterocycles. The number of hydrogen-bond donors (Lipinski definition) is 2. The average Bonchev–Trinajstić information content (AvgIpc) is 2.25. The Kier molecular flexibility index (Phi) is 5.10. The number of amides is 1. The van der Waals surface area contributed by atoms with Crippen molar-refractivity contribution in [3.05, 3.63) is 28.7 Å². The minimum absolute atomic E-state index is 0.170. The average molecular weight is 321 g/mol. The first-order chi connectivity index (χ1) is 7.92. The van der Waals surface area contributed by atoms with Crippen LogP contribution in [0.1, 0.15) is 12.8 Å². The van der Waals surface area contributed by atoms with Crippen molar-refractivity contribution in [2.45, 2.75) is 17.7 Å². The molecule has 17 heavy (non-hydrogen) atoms. The molecular weight excluding hydrogens is 308 g/mol. The van der Waals surface area contributed by atoms with Gasteiger partial charge in [0, 0.05) is 17.4 Å². The van der Waals surface area contributed by atoms with Gasteiger partial charge in [-0.2, -0.15) is 0 Å². The zero-order chi connectivity index (χ0) is 12.9. The van der Waals surface area contributed by atoms with Gasteiger partial charge in [-0.1, -0.05) is 15.9 Å². The normalized spacial score (nSPS) is 11.4. The van der Waals surface area contributed by atoms with Crippen LogP contribution in [0.15, 0.2) is 33.6 Å². The largest absolute Gasteiger partial charge is 0.370 e. The molecule has 0 saturated carbocycles. The number of halogens is 1. The van der Waals surface area contributed by atoms with Crippen molar-refractivity contribution >= 4 is 31.9 Å². The van der Waals surface area contributed by atoms with Crippen molar-refractivity contribution in [1.29, 1.82) is 0 Å². The Labute approximate surface area is 109 Å². The predicted octanol–water partition coefficient (Wildman–Crippen LogP) is 0.993. The van der Waals surface area contributed by atoms with E-state index in [0.717, 1.165) is 4.47 Å². The summed E-state index contributed by atoms with van der Waals surface area (Å²) in [6.45, 7) is 0.196. The lowest BCUT2D eigenvalue weighted by molar-refractivity contribution is -0.118. The monoisotopic (exact) mass is 320 g/mol. The molecule has 1 amide bonds. The molecular formula is C10H13BrN2O3S. The number of hydrogen-bond acceptors (Lipinski definition) is 3. The molecule has 1 aromatic rings. The molecule has 0 aliphatic rings. The number of nitrogens with one attached hydrogen (secondary N) is 1. The lowest BCUT2D eigenvalue weighted by atomic mass is 10.3. The summed E-state index contributed by atoms with van der Waals surface area (Å²) in [5.74, 6) is -0.437. The van der Waals surface area contributed by atoms with Gasteiger partial charge in [0.15, 0.2) is 0 Å². The van der Waals surface area contributed by atoms with Gasteiger partial charge in [0.25, 0.3) is 0 Å². The summed E-state index contributed by atoms with van der Waals surface area (Å²) in [6, 6.07) is 6.30. The summed E-state index contributed by atoms with van der Waals surface area (Å²) >= 11 is 3.23. The van der Waals surface area contributed by atoms with Gasteiger partial charge < -0.3 is 5.73 Å². The number of benzene rings is 1. The lowest BCUT2D eigenvalue weighted by Gasteiger charge is -2.05. The summed E-state index contributed by atoms with van der Waals surface area (Å²) in [5, 5.41) is 0. The summed E-state index contributed by atoms with van der Waals surface area (Å²) in [6.07, 6.45) is 0.563. The van der Waals surface area contributed by atoms with Crippen LogP contribution < -0.4 is 10.5 Å². The van der Waals surface area contributed by atoms with Crippen LogP contribution in [0.2, 0.25) is 0 Å². The van der Waals surface area contributed by atoms with Crippen LogP contribution in [0.5, 0.6) is 0 Å². The van der Waals surface area contributed by atoms with Crippen molar-refractivity contribution in [2.24, 2.45) is 5.73 Å². The Balaban J connectivity index is 2.57. The van der Waals surface area contributed by atoms with Crippen LogP contribution in [0, 0.1) is 0 Å². The molecule has 0 atom stereocenters. The molecule has 0 aliphatic carbocycles. The van der Waals surface area contributed by atoms with Crippen molar-refractivity contribution in [2.75, 3.05) is 6.54 Å². The van der Waals surface area contributed by atoms with Crippen LogP contribution in [-0.4, -0.2) is 20.9 Å². The van der Waals surface area contributed by atoms with E-state index >= 15 is 0 Å². The molecule has 0 saturated heterocycles. The maximum absolute atomic E-state index is 11.7. The Morgan fingerprint density at radius 3 is 2.41 bits per heavy atom. The molecule has 0 spiro atoms. The third-order valence-electron chi connectivity index (χ3n) is 2.02. The first-order valence-corrected chi connectivity index (χ1v) is 7.23. The van der Waals surface area contributed by atoms with E-state index in [1.807, 2.05) is 0 Å². The van der Waals surface area contributed by atoms with Crippen LogP contribution >= 0.6 is 15.9 Å². The number of carbonyl (C=O) groups excluding carboxylic acids is 1. The number of rotatable bonds is 6. The molecule has 0 aliphatic heterocycles. The number of carbonyl (C=O) groups is 1. The van der Waals surface area contributed by atoms with E-state index in [9.17, 15) is 13.2 Å². The van der Waals surface area contributed by atoms with E-state index in [2.05, 4.69) is 20.7 Å². The highest BCUT2D eigenvalue weighted by atomic mass is 79.9. The van der Waals surface area contributed by atoms with Crippen LogP contribution in [0.25, 0.3) is 0 Å². The van der Waals surface area contributed by atoms with Crippen molar-refractivity contribution < 1.29 is 13.2 Å². The first-order valence-electron chi connectivity index (χ1n) is 4.95. The highest BCUT2D eigenvalue weighted by Crippen LogP contribution is 2.14. The third-order valence-corrected chi connectivity index (χ3v) is 4.02. The zero-order valence-corrected chi connectivity index (χ0v) is 11.4. The molecule has 94 valence electrons. The molecule has 5 nitrogen and oxygen atoms in total. The second-order valence-corrected chi connectivity index (χ2v) is 6.10. The second-order valence-electron chi connectivity index (χ2n) is 3.42. The summed E-state index contributed by atoms with van der Waals surface area (Å²) in [7, 11) is -3.50. The molecule has 0 heterocycles. The van der Waals surface area contributed by atoms with Gasteiger partial charge in [-0.05, 0) is 30.7 Å². The van der Waals surface area contributed by atoms with Crippen LogP contribution in [0.3, 0.4) is 0 Å². The fourth-order valence-corrected chi connectivity index (χ4v) is 2.50. The minimum atomic E-state index is -3.50. The fraction of sp³-hybridized carbons (Fsp3) is 0.300. The predicted molar refractivity (Wildman–Crippen MR) is 67.8 cm³/mol. The molecule has 0 radical (unpaired) electrons. The second kappa shape index (κ2) is 6.13. The van der Waals surface area contributed by atoms with E-state index in [4.69, 9.17) is 5.73 Å². The van der Waals surface area contributed by atoms with E-state index in [1.54, 1.807) is 12.1 Å². The van der Waals surface area contributed by atoms with Gasteiger partial charge in [-0.3, -0.25) is 4.79 Å². The summed E-state index contributed by atoms with van der Waals surface area (Å²) in [5.41, 5.74) is 4.95. The maximum Gasteiger partial charge on any atom is 0.240 e. The lowest BCUT2D eigenvalue weighted by Crippen LogP contribution is -2.25. The van der Waals surface area contributed by atoms with Gasteiger partial charge in [0.05, 0.1) is 4.90 Å². The van der Waals surface area contributed by atoms with Gasteiger partial charge in [-0.25, -0.2) is 13.1 Å². The van der Waals surface area contributed by atoms with E-state index in [1.165, 1.54) is 12.1 Å². The Bertz CT molecular complexity index is 485. The van der Waals surface area contributed by atoms with E-state index < -0.39 is 15.9 Å². The molecule has 1 aromatic carbocycles. The summed E-state index contributed by atoms with van der Waals surface area (Å²) < 4.78 is 26.7. The molecule has 1 rings (SSSR count). The number of nitrogens with two attached hydrogens (primary N) is 1. The molecule has 0 bridgehead atoms. The zero-order valence-electron chi connectivity index (χ0n) is 9.02. The van der Waals surface area contributed by atoms with Gasteiger partial charge >= 0.3 is 0 Å². The van der Waals surface area contributed by atoms with Crippen molar-refractivity contribution in [3.8, 4) is 0 Å². The Morgan fingerprint density at radius 1 is 1.29 bits per heavy atom. The smallest absolute Gasteiger partial charge is 0.240 e. The first kappa shape index (κ1) is 14.1. The summed E-state index contributed by atoms with van der Waals surface area (Å²) in [4.78, 5) is 10.7. The molecule has 7 heteroatoms. The van der Waals surface area contributed by atoms with Crippen LogP contribution in [-0.2, 0) is 14.8 Å².